The molecule has 0 fully saturated rings. The first kappa shape index (κ1) is 12.4. The minimum absolute atomic E-state index is 0.0397. The largest absolute Gasteiger partial charge is 0.508 e. The molecule has 0 bridgehead atoms. The maximum Gasteiger partial charge on any atom is 0.307 e. The molecule has 2 aromatic carbocycles. The molecule has 2 aromatic rings. The van der Waals surface area contributed by atoms with Crippen LogP contribution in [0.25, 0.3) is 10.8 Å². The molecule has 0 aliphatic rings. The third-order valence-electron chi connectivity index (χ3n) is 2.93. The summed E-state index contributed by atoms with van der Waals surface area (Å²) < 4.78 is 4.59. The van der Waals surface area contributed by atoms with Crippen molar-refractivity contribution in [1.29, 1.82) is 0 Å². The summed E-state index contributed by atoms with van der Waals surface area (Å²) in [4.78, 5) is 11.3. The Bertz CT molecular complexity index is 580. The van der Waals surface area contributed by atoms with Gasteiger partial charge in [-0.05, 0) is 16.8 Å². The number of phenolic OH excluding ortho intramolecular Hbond substituents is 1. The minimum Gasteiger partial charge on any atom is -0.508 e. The van der Waals surface area contributed by atoms with Crippen LogP contribution < -0.4 is 5.73 Å². The highest BCUT2D eigenvalue weighted by Gasteiger charge is 2.18. The molecule has 2 rings (SSSR count). The van der Waals surface area contributed by atoms with Gasteiger partial charge in [0.25, 0.3) is 0 Å². The Morgan fingerprint density at radius 3 is 2.78 bits per heavy atom. The Labute approximate surface area is 105 Å². The number of hydrogen-bond donors (Lipinski definition) is 2. The van der Waals surface area contributed by atoms with E-state index in [1.807, 2.05) is 30.3 Å². The molecule has 0 spiro atoms. The second-order valence-corrected chi connectivity index (χ2v) is 4.11. The van der Waals surface area contributed by atoms with Crippen molar-refractivity contribution in [3.05, 3.63) is 42.0 Å². The van der Waals surface area contributed by atoms with E-state index in [4.69, 9.17) is 5.73 Å². The van der Waals surface area contributed by atoms with Crippen LogP contribution in [-0.2, 0) is 9.53 Å². The smallest absolute Gasteiger partial charge is 0.307 e. The van der Waals surface area contributed by atoms with Crippen molar-refractivity contribution in [3.63, 3.8) is 0 Å². The number of rotatable bonds is 3. The van der Waals surface area contributed by atoms with E-state index in [-0.39, 0.29) is 12.2 Å². The van der Waals surface area contributed by atoms with Crippen LogP contribution in [0.4, 0.5) is 0 Å². The van der Waals surface area contributed by atoms with Crippen molar-refractivity contribution in [2.24, 2.45) is 5.73 Å². The summed E-state index contributed by atoms with van der Waals surface area (Å²) in [6.45, 7) is 0. The molecule has 0 saturated heterocycles. The van der Waals surface area contributed by atoms with Gasteiger partial charge in [0.05, 0.1) is 13.5 Å². The molecule has 0 unspecified atom stereocenters. The average molecular weight is 245 g/mol. The molecule has 4 nitrogen and oxygen atoms in total. The summed E-state index contributed by atoms with van der Waals surface area (Å²) in [6, 6.07) is 10.4. The van der Waals surface area contributed by atoms with Gasteiger partial charge in [-0.3, -0.25) is 4.79 Å². The van der Waals surface area contributed by atoms with Gasteiger partial charge in [0.2, 0.25) is 0 Å². The molecule has 94 valence electrons. The van der Waals surface area contributed by atoms with Crippen molar-refractivity contribution in [2.75, 3.05) is 7.11 Å². The minimum atomic E-state index is -0.580. The molecule has 0 saturated carbocycles. The number of ether oxygens (including phenoxy) is 1. The monoisotopic (exact) mass is 245 g/mol. The van der Waals surface area contributed by atoms with Crippen molar-refractivity contribution >= 4 is 16.7 Å². The van der Waals surface area contributed by atoms with E-state index in [0.717, 1.165) is 10.8 Å². The number of hydrogen-bond acceptors (Lipinski definition) is 4. The summed E-state index contributed by atoms with van der Waals surface area (Å²) in [6.07, 6.45) is 0.0397. The van der Waals surface area contributed by atoms with Gasteiger partial charge in [-0.25, -0.2) is 0 Å². The van der Waals surface area contributed by atoms with Gasteiger partial charge >= 0.3 is 5.97 Å². The van der Waals surface area contributed by atoms with Crippen LogP contribution in [0, 0.1) is 0 Å². The van der Waals surface area contributed by atoms with E-state index in [0.29, 0.717) is 5.56 Å². The Morgan fingerprint density at radius 1 is 1.33 bits per heavy atom. The quantitative estimate of drug-likeness (QED) is 0.812. The first-order valence-corrected chi connectivity index (χ1v) is 5.66. The van der Waals surface area contributed by atoms with E-state index in [9.17, 15) is 9.90 Å². The number of benzene rings is 2. The summed E-state index contributed by atoms with van der Waals surface area (Å²) in [5.41, 5.74) is 6.56. The van der Waals surface area contributed by atoms with Gasteiger partial charge in [-0.2, -0.15) is 0 Å². The Morgan fingerprint density at radius 2 is 2.06 bits per heavy atom. The van der Waals surface area contributed by atoms with Gasteiger partial charge < -0.3 is 15.6 Å². The van der Waals surface area contributed by atoms with Crippen LogP contribution in [0.5, 0.6) is 5.75 Å². The van der Waals surface area contributed by atoms with Gasteiger partial charge in [-0.15, -0.1) is 0 Å². The normalized spacial score (nSPS) is 12.3. The molecule has 0 amide bonds. The van der Waals surface area contributed by atoms with Gasteiger partial charge in [0.1, 0.15) is 5.75 Å². The molecule has 0 aromatic heterocycles. The van der Waals surface area contributed by atoms with Crippen molar-refractivity contribution in [1.82, 2.24) is 0 Å². The lowest BCUT2D eigenvalue weighted by Crippen LogP contribution is -2.16. The first-order chi connectivity index (χ1) is 8.63. The van der Waals surface area contributed by atoms with Crippen LogP contribution in [0.15, 0.2) is 36.4 Å². The SMILES string of the molecule is COC(=O)C[C@H](N)c1c(O)ccc2ccccc12. The zero-order valence-corrected chi connectivity index (χ0v) is 10.1. The molecule has 0 aliphatic carbocycles. The number of fused-ring (bicyclic) bond motifs is 1. The highest BCUT2D eigenvalue weighted by atomic mass is 16.5. The van der Waals surface area contributed by atoms with Gasteiger partial charge in [0, 0.05) is 11.6 Å². The highest BCUT2D eigenvalue weighted by Crippen LogP contribution is 2.32. The van der Waals surface area contributed by atoms with E-state index in [2.05, 4.69) is 4.74 Å². The number of phenols is 1. The predicted octanol–water partition coefficient (Wildman–Crippen LogP) is 2.11. The molecule has 3 N–H and O–H groups in total. The van der Waals surface area contributed by atoms with Gasteiger partial charge in [0.15, 0.2) is 0 Å². The predicted molar refractivity (Wildman–Crippen MR) is 69.2 cm³/mol. The number of carbonyl (C=O) groups excluding carboxylic acids is 1. The van der Waals surface area contributed by atoms with Crippen molar-refractivity contribution < 1.29 is 14.6 Å². The second kappa shape index (κ2) is 5.06. The fraction of sp³-hybridized carbons (Fsp3) is 0.214. The Hall–Kier alpha value is -2.07. The third kappa shape index (κ3) is 2.28. The standard InChI is InChI=1S/C14H15NO3/c1-18-13(17)8-11(15)14-10-5-3-2-4-9(10)6-7-12(14)16/h2-7,11,16H,8,15H2,1H3/t11-/m0/s1. The fourth-order valence-corrected chi connectivity index (χ4v) is 2.04. The lowest BCUT2D eigenvalue weighted by Gasteiger charge is -2.15. The first-order valence-electron chi connectivity index (χ1n) is 5.66. The molecule has 1 atom stereocenters. The fourth-order valence-electron chi connectivity index (χ4n) is 2.04. The molecule has 0 aliphatic heterocycles. The molecular weight excluding hydrogens is 230 g/mol. The second-order valence-electron chi connectivity index (χ2n) is 4.11. The van der Waals surface area contributed by atoms with E-state index < -0.39 is 12.0 Å². The topological polar surface area (TPSA) is 72.5 Å². The molecular formula is C14H15NO3. The number of esters is 1. The van der Waals surface area contributed by atoms with Crippen LogP contribution >= 0.6 is 0 Å². The maximum atomic E-state index is 11.3. The summed E-state index contributed by atoms with van der Waals surface area (Å²) in [5.74, 6) is -0.292. The average Bonchev–Trinajstić information content (AvgIpc) is 2.38. The molecule has 18 heavy (non-hydrogen) atoms. The highest BCUT2D eigenvalue weighted by molar-refractivity contribution is 5.88. The van der Waals surface area contributed by atoms with Crippen LogP contribution in [0.2, 0.25) is 0 Å². The number of methoxy groups -OCH3 is 1. The maximum absolute atomic E-state index is 11.3. The molecule has 0 heterocycles. The van der Waals surface area contributed by atoms with Crippen LogP contribution in [-0.4, -0.2) is 18.2 Å². The van der Waals surface area contributed by atoms with Crippen molar-refractivity contribution in [2.45, 2.75) is 12.5 Å². The lowest BCUT2D eigenvalue weighted by atomic mass is 9.96. The van der Waals surface area contributed by atoms with E-state index in [1.54, 1.807) is 6.07 Å². The Kier molecular flexibility index (Phi) is 3.48. The third-order valence-corrected chi connectivity index (χ3v) is 2.93. The summed E-state index contributed by atoms with van der Waals surface area (Å²) in [5, 5.41) is 11.8. The number of nitrogens with two attached hydrogens (primary N) is 1. The number of carbonyl (C=O) groups is 1. The summed E-state index contributed by atoms with van der Waals surface area (Å²) >= 11 is 0. The van der Waals surface area contributed by atoms with Crippen molar-refractivity contribution in [3.8, 4) is 5.75 Å². The Balaban J connectivity index is 2.48. The lowest BCUT2D eigenvalue weighted by molar-refractivity contribution is -0.141. The van der Waals surface area contributed by atoms with Crippen LogP contribution in [0.1, 0.15) is 18.0 Å². The van der Waals surface area contributed by atoms with E-state index in [1.165, 1.54) is 7.11 Å². The van der Waals surface area contributed by atoms with Gasteiger partial charge in [-0.1, -0.05) is 30.3 Å². The molecule has 0 radical (unpaired) electrons. The zero-order valence-electron chi connectivity index (χ0n) is 10.1. The van der Waals surface area contributed by atoms with E-state index >= 15 is 0 Å². The molecule has 4 heteroatoms. The summed E-state index contributed by atoms with van der Waals surface area (Å²) in [7, 11) is 1.32. The zero-order chi connectivity index (χ0) is 13.1. The number of aromatic hydroxyl groups is 1. The van der Waals surface area contributed by atoms with Crippen LogP contribution in [0.3, 0.4) is 0 Å².